The lowest BCUT2D eigenvalue weighted by atomic mass is 10.2. The Bertz CT molecular complexity index is 1180. The summed E-state index contributed by atoms with van der Waals surface area (Å²) in [5, 5.41) is 3.72. The Morgan fingerprint density at radius 2 is 2.23 bits per heavy atom. The second-order valence-electron chi connectivity index (χ2n) is 7.09. The molecule has 0 saturated heterocycles. The molecule has 0 aliphatic heterocycles. The third kappa shape index (κ3) is 3.77. The molecule has 1 aromatic carbocycles. The number of hydrogen-bond acceptors (Lipinski definition) is 6. The molecule has 2 aromatic heterocycles. The third-order valence-electron chi connectivity index (χ3n) is 5.12. The molecule has 30 heavy (non-hydrogen) atoms. The van der Waals surface area contributed by atoms with E-state index >= 15 is 0 Å². The number of ether oxygens (including phenoxy) is 1. The van der Waals surface area contributed by atoms with Crippen molar-refractivity contribution in [1.82, 2.24) is 9.55 Å². The van der Waals surface area contributed by atoms with Crippen LogP contribution in [-0.2, 0) is 24.2 Å². The van der Waals surface area contributed by atoms with Crippen molar-refractivity contribution in [2.75, 3.05) is 12.4 Å². The number of carbonyl (C=O) groups is 1. The van der Waals surface area contributed by atoms with Crippen LogP contribution in [0.3, 0.4) is 0 Å². The van der Waals surface area contributed by atoms with Gasteiger partial charge in [-0.15, -0.1) is 17.9 Å². The third-order valence-corrected chi connectivity index (χ3v) is 7.39. The largest absolute Gasteiger partial charge is 0.495 e. The number of rotatable bonds is 7. The molecular formula is C22H23N3O3S2. The first-order valence-corrected chi connectivity index (χ1v) is 11.5. The van der Waals surface area contributed by atoms with Crippen LogP contribution < -0.4 is 15.6 Å². The molecule has 1 amide bonds. The van der Waals surface area contributed by atoms with E-state index in [4.69, 9.17) is 9.72 Å². The van der Waals surface area contributed by atoms with Crippen LogP contribution >= 0.6 is 23.1 Å². The van der Waals surface area contributed by atoms with Gasteiger partial charge >= 0.3 is 0 Å². The molecule has 0 fully saturated rings. The zero-order chi connectivity index (χ0) is 21.3. The average molecular weight is 442 g/mol. The van der Waals surface area contributed by atoms with Gasteiger partial charge in [-0.1, -0.05) is 30.0 Å². The van der Waals surface area contributed by atoms with Gasteiger partial charge < -0.3 is 10.1 Å². The molecule has 156 valence electrons. The summed E-state index contributed by atoms with van der Waals surface area (Å²) in [5.41, 5.74) is 1.72. The van der Waals surface area contributed by atoms with Gasteiger partial charge in [0.2, 0.25) is 5.91 Å². The van der Waals surface area contributed by atoms with Crippen LogP contribution in [-0.4, -0.2) is 27.8 Å². The summed E-state index contributed by atoms with van der Waals surface area (Å²) in [6.45, 7) is 5.94. The summed E-state index contributed by atoms with van der Waals surface area (Å²) in [5.74, 6) is 0.414. The van der Waals surface area contributed by atoms with Crippen LogP contribution in [0.1, 0.15) is 23.8 Å². The number of anilines is 1. The fraction of sp³-hybridized carbons (Fsp3) is 0.318. The molecule has 1 aliphatic rings. The lowest BCUT2D eigenvalue weighted by Crippen LogP contribution is -2.27. The van der Waals surface area contributed by atoms with Gasteiger partial charge in [0.25, 0.3) is 5.56 Å². The van der Waals surface area contributed by atoms with Crippen molar-refractivity contribution in [3.05, 3.63) is 57.7 Å². The van der Waals surface area contributed by atoms with E-state index < -0.39 is 5.25 Å². The smallest absolute Gasteiger partial charge is 0.263 e. The summed E-state index contributed by atoms with van der Waals surface area (Å²) in [4.78, 5) is 32.8. The number of para-hydroxylation sites is 2. The summed E-state index contributed by atoms with van der Waals surface area (Å²) in [7, 11) is 1.56. The number of fused-ring (bicyclic) bond motifs is 3. The maximum Gasteiger partial charge on any atom is 0.263 e. The lowest BCUT2D eigenvalue weighted by molar-refractivity contribution is -0.115. The molecule has 6 nitrogen and oxygen atoms in total. The SMILES string of the molecule is C=CCn1c(SC(C)C(=O)Nc2ccccc2OC)nc2sc3c(c2c1=O)CCC3. The highest BCUT2D eigenvalue weighted by atomic mass is 32.2. The van der Waals surface area contributed by atoms with Crippen LogP contribution in [0, 0.1) is 0 Å². The quantitative estimate of drug-likeness (QED) is 0.337. The first-order valence-electron chi connectivity index (χ1n) is 9.80. The second kappa shape index (κ2) is 8.65. The van der Waals surface area contributed by atoms with E-state index in [1.807, 2.05) is 12.1 Å². The van der Waals surface area contributed by atoms with Gasteiger partial charge in [-0.3, -0.25) is 14.2 Å². The van der Waals surface area contributed by atoms with Crippen LogP contribution in [0.5, 0.6) is 5.75 Å². The number of aryl methyl sites for hydroxylation is 2. The molecule has 1 N–H and O–H groups in total. The van der Waals surface area contributed by atoms with Gasteiger partial charge in [-0.2, -0.15) is 0 Å². The van der Waals surface area contributed by atoms with Crippen LogP contribution in [0.15, 0.2) is 46.9 Å². The fourth-order valence-electron chi connectivity index (χ4n) is 3.63. The number of thioether (sulfide) groups is 1. The molecule has 0 spiro atoms. The molecule has 8 heteroatoms. The standard InChI is InChI=1S/C22H23N3O3S2/c1-4-12-25-21(27)18-14-8-7-11-17(14)30-20(18)24-22(25)29-13(2)19(26)23-15-9-5-6-10-16(15)28-3/h4-6,9-10,13H,1,7-8,11-12H2,2-3H3,(H,23,26). The number of amides is 1. The zero-order valence-electron chi connectivity index (χ0n) is 16.9. The monoisotopic (exact) mass is 441 g/mol. The van der Waals surface area contributed by atoms with E-state index in [-0.39, 0.29) is 11.5 Å². The predicted octanol–water partition coefficient (Wildman–Crippen LogP) is 4.26. The number of allylic oxidation sites excluding steroid dienone is 1. The number of benzene rings is 1. The Labute approximate surface area is 183 Å². The Morgan fingerprint density at radius 1 is 1.43 bits per heavy atom. The molecule has 1 aliphatic carbocycles. The Kier molecular flexibility index (Phi) is 5.97. The number of aromatic nitrogens is 2. The first kappa shape index (κ1) is 20.7. The molecule has 0 bridgehead atoms. The molecule has 2 heterocycles. The second-order valence-corrected chi connectivity index (χ2v) is 9.48. The van der Waals surface area contributed by atoms with E-state index in [0.717, 1.165) is 35.0 Å². The molecule has 1 atom stereocenters. The van der Waals surface area contributed by atoms with Gasteiger partial charge in [0.05, 0.1) is 23.4 Å². The van der Waals surface area contributed by atoms with Gasteiger partial charge in [-0.25, -0.2) is 4.98 Å². The predicted molar refractivity (Wildman–Crippen MR) is 123 cm³/mol. The summed E-state index contributed by atoms with van der Waals surface area (Å²) in [6, 6.07) is 7.27. The Morgan fingerprint density at radius 3 is 3.00 bits per heavy atom. The number of carbonyl (C=O) groups excluding carboxylic acids is 1. The fourth-order valence-corrected chi connectivity index (χ4v) is 5.85. The molecule has 3 aromatic rings. The minimum absolute atomic E-state index is 0.0425. The number of nitrogens with zero attached hydrogens (tertiary/aromatic N) is 2. The minimum atomic E-state index is -0.456. The van der Waals surface area contributed by atoms with Gasteiger partial charge in [0.1, 0.15) is 10.6 Å². The highest BCUT2D eigenvalue weighted by molar-refractivity contribution is 8.00. The van der Waals surface area contributed by atoms with Crippen molar-refractivity contribution in [1.29, 1.82) is 0 Å². The number of methoxy groups -OCH3 is 1. The van der Waals surface area contributed by atoms with Gasteiger partial charge in [0.15, 0.2) is 5.16 Å². The van der Waals surface area contributed by atoms with E-state index in [1.165, 1.54) is 16.6 Å². The van der Waals surface area contributed by atoms with Crippen molar-refractivity contribution in [3.8, 4) is 5.75 Å². The van der Waals surface area contributed by atoms with Crippen molar-refractivity contribution >= 4 is 44.9 Å². The normalized spacial score (nSPS) is 13.8. The highest BCUT2D eigenvalue weighted by Crippen LogP contribution is 2.36. The molecule has 0 radical (unpaired) electrons. The zero-order valence-corrected chi connectivity index (χ0v) is 18.6. The van der Waals surface area contributed by atoms with Crippen LogP contribution in [0.2, 0.25) is 0 Å². The number of thiophene rings is 1. The highest BCUT2D eigenvalue weighted by Gasteiger charge is 2.25. The van der Waals surface area contributed by atoms with E-state index in [2.05, 4.69) is 11.9 Å². The lowest BCUT2D eigenvalue weighted by Gasteiger charge is -2.16. The number of nitrogens with one attached hydrogen (secondary N) is 1. The van der Waals surface area contributed by atoms with E-state index in [1.54, 1.807) is 48.1 Å². The Balaban J connectivity index is 1.64. The topological polar surface area (TPSA) is 73.2 Å². The maximum absolute atomic E-state index is 13.2. The van der Waals surface area contributed by atoms with E-state index in [9.17, 15) is 9.59 Å². The maximum atomic E-state index is 13.2. The Hall–Kier alpha value is -2.58. The van der Waals surface area contributed by atoms with Crippen molar-refractivity contribution < 1.29 is 9.53 Å². The molecular weight excluding hydrogens is 418 g/mol. The van der Waals surface area contributed by atoms with Crippen molar-refractivity contribution in [3.63, 3.8) is 0 Å². The van der Waals surface area contributed by atoms with Crippen molar-refractivity contribution in [2.45, 2.75) is 43.1 Å². The van der Waals surface area contributed by atoms with Crippen LogP contribution in [0.4, 0.5) is 5.69 Å². The van der Waals surface area contributed by atoms with E-state index in [0.29, 0.717) is 23.1 Å². The summed E-state index contributed by atoms with van der Waals surface area (Å²) >= 11 is 2.88. The number of hydrogen-bond donors (Lipinski definition) is 1. The van der Waals surface area contributed by atoms with Crippen LogP contribution in [0.25, 0.3) is 10.2 Å². The average Bonchev–Trinajstić information content (AvgIpc) is 3.32. The molecule has 1 unspecified atom stereocenters. The minimum Gasteiger partial charge on any atom is -0.495 e. The molecule has 4 rings (SSSR count). The van der Waals surface area contributed by atoms with Gasteiger partial charge in [0, 0.05) is 11.4 Å². The summed E-state index contributed by atoms with van der Waals surface area (Å²) < 4.78 is 6.92. The van der Waals surface area contributed by atoms with Gasteiger partial charge in [-0.05, 0) is 43.9 Å². The summed E-state index contributed by atoms with van der Waals surface area (Å²) in [6.07, 6.45) is 4.72. The van der Waals surface area contributed by atoms with Crippen molar-refractivity contribution in [2.24, 2.45) is 0 Å². The first-order chi connectivity index (χ1) is 14.5. The molecule has 0 saturated carbocycles.